The van der Waals surface area contributed by atoms with Gasteiger partial charge in [-0.2, -0.15) is 13.2 Å². The summed E-state index contributed by atoms with van der Waals surface area (Å²) in [4.78, 5) is 0.557. The molecular formula is C7H4ClF3S2. The van der Waals surface area contributed by atoms with E-state index in [4.69, 9.17) is 10.7 Å². The van der Waals surface area contributed by atoms with Gasteiger partial charge in [0.2, 0.25) is 0 Å². The molecule has 0 unspecified atom stereocenters. The highest BCUT2D eigenvalue weighted by molar-refractivity contribution is 8.21. The smallest absolute Gasteiger partial charge is 0.160 e. The number of hydrogen-bond acceptors (Lipinski definition) is 2. The second-order valence-corrected chi connectivity index (χ2v) is 4.24. The van der Waals surface area contributed by atoms with Crippen molar-refractivity contribution in [2.24, 2.45) is 0 Å². The molecule has 0 fully saturated rings. The van der Waals surface area contributed by atoms with Gasteiger partial charge in [0.25, 0.3) is 0 Å². The minimum atomic E-state index is -4.26. The number of hydrogen-bond donors (Lipinski definition) is 0. The lowest BCUT2D eigenvalue weighted by Crippen LogP contribution is -1.99. The van der Waals surface area contributed by atoms with Gasteiger partial charge < -0.3 is 0 Å². The van der Waals surface area contributed by atoms with Crippen LogP contribution in [-0.2, 0) is 0 Å². The first-order valence-corrected chi connectivity index (χ1v) is 5.62. The predicted molar refractivity (Wildman–Crippen MR) is 50.1 cm³/mol. The lowest BCUT2D eigenvalue weighted by molar-refractivity contribution is -0.0328. The van der Waals surface area contributed by atoms with Crippen molar-refractivity contribution in [1.82, 2.24) is 0 Å². The molecule has 0 aliphatic heterocycles. The van der Waals surface area contributed by atoms with Crippen molar-refractivity contribution in [3.63, 3.8) is 0 Å². The van der Waals surface area contributed by atoms with E-state index >= 15 is 0 Å². The Morgan fingerprint density at radius 3 is 2.08 bits per heavy atom. The van der Waals surface area contributed by atoms with Crippen LogP contribution in [0.4, 0.5) is 13.2 Å². The Balaban J connectivity index is 2.87. The minimum absolute atomic E-state index is 0.134. The van der Waals surface area contributed by atoms with Crippen molar-refractivity contribution in [1.29, 1.82) is 0 Å². The normalized spacial score (nSPS) is 11.7. The Morgan fingerprint density at radius 1 is 1.08 bits per heavy atom. The molecule has 0 bridgehead atoms. The van der Waals surface area contributed by atoms with Crippen LogP contribution in [0.3, 0.4) is 0 Å². The summed E-state index contributed by atoms with van der Waals surface area (Å²) in [6.07, 6.45) is 0. The zero-order valence-corrected chi connectivity index (χ0v) is 8.53. The van der Waals surface area contributed by atoms with E-state index in [0.717, 1.165) is 11.0 Å². The Bertz CT molecular complexity index is 287. The number of benzene rings is 1. The Kier molecular flexibility index (Phi) is 3.82. The molecule has 0 radical (unpaired) electrons. The summed E-state index contributed by atoms with van der Waals surface area (Å²) < 4.78 is 35.9. The highest BCUT2D eigenvalue weighted by Gasteiger charge is 2.30. The molecule has 1 aromatic carbocycles. The molecule has 0 aliphatic carbocycles. The van der Waals surface area contributed by atoms with E-state index < -0.39 is 5.51 Å². The SMILES string of the molecule is FC(F)(F)Sc1ccccc1SCl. The Labute approximate surface area is 86.3 Å². The standard InChI is InChI=1S/C7H4ClF3S2/c8-13-6-4-2-1-3-5(6)12-7(9,10)11/h1-4H. The maximum Gasteiger partial charge on any atom is 0.446 e. The van der Waals surface area contributed by atoms with Crippen LogP contribution >= 0.6 is 33.4 Å². The number of alkyl halides is 3. The van der Waals surface area contributed by atoms with Crippen LogP contribution in [0.2, 0.25) is 0 Å². The van der Waals surface area contributed by atoms with E-state index in [2.05, 4.69) is 0 Å². The van der Waals surface area contributed by atoms with Gasteiger partial charge in [-0.3, -0.25) is 0 Å². The zero-order valence-electron chi connectivity index (χ0n) is 6.14. The molecule has 0 atom stereocenters. The van der Waals surface area contributed by atoms with Crippen molar-refractivity contribution in [2.75, 3.05) is 0 Å². The summed E-state index contributed by atoms with van der Waals surface area (Å²) in [5.41, 5.74) is -4.26. The molecule has 0 heterocycles. The summed E-state index contributed by atoms with van der Waals surface area (Å²) >= 11 is -0.153. The molecule has 0 saturated carbocycles. The first-order valence-electron chi connectivity index (χ1n) is 3.16. The topological polar surface area (TPSA) is 0 Å². The summed E-state index contributed by atoms with van der Waals surface area (Å²) in [6, 6.07) is 6.13. The van der Waals surface area contributed by atoms with Crippen molar-refractivity contribution < 1.29 is 13.2 Å². The summed E-state index contributed by atoms with van der Waals surface area (Å²) in [5.74, 6) is 0. The summed E-state index contributed by atoms with van der Waals surface area (Å²) in [6.45, 7) is 0. The number of thioether (sulfide) groups is 1. The third-order valence-corrected chi connectivity index (χ3v) is 3.12. The van der Waals surface area contributed by atoms with Crippen LogP contribution in [-0.4, -0.2) is 5.51 Å². The average Bonchev–Trinajstić information content (AvgIpc) is 2.02. The van der Waals surface area contributed by atoms with E-state index in [1.54, 1.807) is 18.2 Å². The quantitative estimate of drug-likeness (QED) is 0.701. The first kappa shape index (κ1) is 11.1. The monoisotopic (exact) mass is 244 g/mol. The van der Waals surface area contributed by atoms with Crippen LogP contribution in [0.15, 0.2) is 34.1 Å². The molecule has 0 N–H and O–H groups in total. The van der Waals surface area contributed by atoms with Gasteiger partial charge in [0.1, 0.15) is 0 Å². The van der Waals surface area contributed by atoms with E-state index in [0.29, 0.717) is 4.90 Å². The molecule has 0 nitrogen and oxygen atoms in total. The fraction of sp³-hybridized carbons (Fsp3) is 0.143. The number of rotatable bonds is 2. The lowest BCUT2D eigenvalue weighted by atomic mass is 10.4. The average molecular weight is 245 g/mol. The largest absolute Gasteiger partial charge is 0.446 e. The van der Waals surface area contributed by atoms with Crippen molar-refractivity contribution in [2.45, 2.75) is 15.3 Å². The van der Waals surface area contributed by atoms with Crippen LogP contribution in [0.1, 0.15) is 0 Å². The molecular weight excluding hydrogens is 241 g/mol. The second-order valence-electron chi connectivity index (χ2n) is 2.07. The van der Waals surface area contributed by atoms with Crippen LogP contribution in [0.5, 0.6) is 0 Å². The molecule has 13 heavy (non-hydrogen) atoms. The van der Waals surface area contributed by atoms with Gasteiger partial charge >= 0.3 is 5.51 Å². The molecule has 0 aromatic heterocycles. The molecule has 1 aromatic rings. The van der Waals surface area contributed by atoms with Gasteiger partial charge in [-0.05, 0) is 45.6 Å². The Morgan fingerprint density at radius 2 is 1.62 bits per heavy atom. The van der Waals surface area contributed by atoms with Gasteiger partial charge in [-0.25, -0.2) is 0 Å². The summed E-state index contributed by atoms with van der Waals surface area (Å²) in [5, 5.41) is 0. The molecule has 6 heteroatoms. The van der Waals surface area contributed by atoms with Crippen molar-refractivity contribution in [3.8, 4) is 0 Å². The summed E-state index contributed by atoms with van der Waals surface area (Å²) in [7, 11) is 6.18. The lowest BCUT2D eigenvalue weighted by Gasteiger charge is -2.07. The fourth-order valence-corrected chi connectivity index (χ4v) is 2.35. The molecule has 0 aliphatic rings. The van der Waals surface area contributed by atoms with Crippen LogP contribution in [0.25, 0.3) is 0 Å². The number of halogens is 4. The molecule has 0 spiro atoms. The van der Waals surface area contributed by atoms with Crippen LogP contribution < -0.4 is 0 Å². The second kappa shape index (κ2) is 4.48. The maximum atomic E-state index is 12.0. The predicted octanol–water partition coefficient (Wildman–Crippen LogP) is 4.54. The molecule has 0 saturated heterocycles. The fourth-order valence-electron chi connectivity index (χ4n) is 0.723. The van der Waals surface area contributed by atoms with Gasteiger partial charge in [0.05, 0.1) is 0 Å². The van der Waals surface area contributed by atoms with Gasteiger partial charge in [-0.1, -0.05) is 12.1 Å². The van der Waals surface area contributed by atoms with Gasteiger partial charge in [-0.15, -0.1) is 0 Å². The Hall–Kier alpha value is -0.0000000000000000555. The van der Waals surface area contributed by atoms with E-state index in [-0.39, 0.29) is 16.7 Å². The molecule has 72 valence electrons. The highest BCUT2D eigenvalue weighted by atomic mass is 35.7. The third-order valence-electron chi connectivity index (χ3n) is 1.16. The molecule has 1 rings (SSSR count). The third kappa shape index (κ3) is 3.70. The van der Waals surface area contributed by atoms with Crippen LogP contribution in [0, 0.1) is 0 Å². The first-order chi connectivity index (χ1) is 6.03. The highest BCUT2D eigenvalue weighted by Crippen LogP contribution is 2.41. The zero-order chi connectivity index (χ0) is 9.90. The van der Waals surface area contributed by atoms with E-state index in [1.165, 1.54) is 6.07 Å². The van der Waals surface area contributed by atoms with E-state index in [9.17, 15) is 13.2 Å². The van der Waals surface area contributed by atoms with Crippen molar-refractivity contribution in [3.05, 3.63) is 24.3 Å². The van der Waals surface area contributed by atoms with E-state index in [1.807, 2.05) is 0 Å². The molecule has 0 amide bonds. The maximum absolute atomic E-state index is 12.0. The van der Waals surface area contributed by atoms with Gasteiger partial charge in [0.15, 0.2) is 0 Å². The minimum Gasteiger partial charge on any atom is -0.160 e. The van der Waals surface area contributed by atoms with Gasteiger partial charge in [0, 0.05) is 9.79 Å². The van der Waals surface area contributed by atoms with Crippen molar-refractivity contribution >= 4 is 33.4 Å².